The number of hydrogen-bond donors (Lipinski definition) is 1. The molecule has 98 valence electrons. The highest BCUT2D eigenvalue weighted by molar-refractivity contribution is 5.77. The molecule has 3 aromatic rings. The summed E-state index contributed by atoms with van der Waals surface area (Å²) in [4.78, 5) is 0. The van der Waals surface area contributed by atoms with Crippen molar-refractivity contribution in [2.45, 2.75) is 6.54 Å². The van der Waals surface area contributed by atoms with Gasteiger partial charge in [-0.3, -0.25) is 0 Å². The van der Waals surface area contributed by atoms with E-state index in [9.17, 15) is 4.39 Å². The van der Waals surface area contributed by atoms with E-state index < -0.39 is 5.82 Å². The highest BCUT2D eigenvalue weighted by Crippen LogP contribution is 2.21. The summed E-state index contributed by atoms with van der Waals surface area (Å²) in [6.07, 6.45) is 0. The summed E-state index contributed by atoms with van der Waals surface area (Å²) < 4.78 is 18.7. The molecule has 0 aliphatic rings. The van der Waals surface area contributed by atoms with E-state index >= 15 is 0 Å². The number of hydrogen-bond acceptors (Lipinski definition) is 3. The molecule has 20 heavy (non-hydrogen) atoms. The molecule has 4 heteroatoms. The van der Waals surface area contributed by atoms with Gasteiger partial charge in [0, 0.05) is 5.39 Å². The number of para-hydroxylation sites is 1. The number of fused-ring (bicyclic) bond motifs is 1. The Hall–Kier alpha value is -2.80. The minimum Gasteiger partial charge on any atom is -0.459 e. The van der Waals surface area contributed by atoms with Gasteiger partial charge in [0.2, 0.25) is 0 Å². The van der Waals surface area contributed by atoms with Crippen LogP contribution >= 0.6 is 0 Å². The summed E-state index contributed by atoms with van der Waals surface area (Å²) in [5.41, 5.74) is 1.69. The molecule has 0 saturated heterocycles. The van der Waals surface area contributed by atoms with E-state index in [2.05, 4.69) is 5.32 Å². The first-order valence-corrected chi connectivity index (χ1v) is 6.17. The number of benzene rings is 2. The number of halogens is 1. The normalized spacial score (nSPS) is 10.4. The van der Waals surface area contributed by atoms with E-state index in [-0.39, 0.29) is 5.56 Å². The number of furan rings is 1. The van der Waals surface area contributed by atoms with Gasteiger partial charge in [-0.05, 0) is 30.3 Å². The first-order chi connectivity index (χ1) is 9.76. The minimum atomic E-state index is -0.421. The van der Waals surface area contributed by atoms with E-state index in [0.29, 0.717) is 12.2 Å². The van der Waals surface area contributed by atoms with Crippen LogP contribution in [0.5, 0.6) is 0 Å². The van der Waals surface area contributed by atoms with Crippen molar-refractivity contribution in [1.82, 2.24) is 0 Å². The second kappa shape index (κ2) is 5.06. The molecular formula is C16H11FN2O. The van der Waals surface area contributed by atoms with E-state index in [1.165, 1.54) is 12.1 Å². The average Bonchev–Trinajstić information content (AvgIpc) is 2.88. The van der Waals surface area contributed by atoms with Crippen molar-refractivity contribution in [3.63, 3.8) is 0 Å². The fraction of sp³-hybridized carbons (Fsp3) is 0.0625. The predicted molar refractivity (Wildman–Crippen MR) is 74.7 cm³/mol. The lowest BCUT2D eigenvalue weighted by Gasteiger charge is -2.06. The zero-order valence-electron chi connectivity index (χ0n) is 10.6. The van der Waals surface area contributed by atoms with Gasteiger partial charge in [0.15, 0.2) is 0 Å². The number of anilines is 1. The van der Waals surface area contributed by atoms with E-state index in [1.54, 1.807) is 6.07 Å². The molecule has 0 spiro atoms. The van der Waals surface area contributed by atoms with Gasteiger partial charge in [0.05, 0.1) is 17.8 Å². The van der Waals surface area contributed by atoms with Gasteiger partial charge in [0.1, 0.15) is 23.2 Å². The zero-order valence-corrected chi connectivity index (χ0v) is 10.6. The van der Waals surface area contributed by atoms with Crippen molar-refractivity contribution in [2.24, 2.45) is 0 Å². The van der Waals surface area contributed by atoms with Crippen LogP contribution in [-0.2, 0) is 6.54 Å². The molecule has 3 rings (SSSR count). The van der Waals surface area contributed by atoms with Crippen molar-refractivity contribution in [1.29, 1.82) is 5.26 Å². The zero-order chi connectivity index (χ0) is 13.9. The van der Waals surface area contributed by atoms with Crippen molar-refractivity contribution in [3.8, 4) is 6.07 Å². The standard InChI is InChI=1S/C16H11FN2O/c17-13-5-6-15(12(7-13)9-18)19-10-14-8-11-3-1-2-4-16(11)20-14/h1-8,19H,10H2. The maximum atomic E-state index is 13.0. The Labute approximate surface area is 115 Å². The fourth-order valence-electron chi connectivity index (χ4n) is 2.07. The van der Waals surface area contributed by atoms with Gasteiger partial charge in [-0.2, -0.15) is 5.26 Å². The largest absolute Gasteiger partial charge is 0.459 e. The molecule has 0 amide bonds. The summed E-state index contributed by atoms with van der Waals surface area (Å²) in [6, 6.07) is 15.7. The summed E-state index contributed by atoms with van der Waals surface area (Å²) in [6.45, 7) is 0.439. The van der Waals surface area contributed by atoms with Crippen LogP contribution in [0.2, 0.25) is 0 Å². The van der Waals surface area contributed by atoms with Crippen LogP contribution in [0, 0.1) is 17.1 Å². The van der Waals surface area contributed by atoms with Crippen LogP contribution in [-0.4, -0.2) is 0 Å². The van der Waals surface area contributed by atoms with Crippen LogP contribution < -0.4 is 5.32 Å². The lowest BCUT2D eigenvalue weighted by atomic mass is 10.2. The Morgan fingerprint density at radius 2 is 2.00 bits per heavy atom. The van der Waals surface area contributed by atoms with Crippen molar-refractivity contribution in [2.75, 3.05) is 5.32 Å². The van der Waals surface area contributed by atoms with Gasteiger partial charge in [-0.15, -0.1) is 0 Å². The molecule has 2 aromatic carbocycles. The first-order valence-electron chi connectivity index (χ1n) is 6.17. The number of nitriles is 1. The Kier molecular flexibility index (Phi) is 3.10. The average molecular weight is 266 g/mol. The third kappa shape index (κ3) is 2.34. The summed E-state index contributed by atoms with van der Waals surface area (Å²) in [5, 5.41) is 13.1. The van der Waals surface area contributed by atoms with E-state index in [1.807, 2.05) is 36.4 Å². The van der Waals surface area contributed by atoms with E-state index in [4.69, 9.17) is 9.68 Å². The van der Waals surface area contributed by atoms with Crippen LogP contribution in [0.3, 0.4) is 0 Å². The molecule has 1 N–H and O–H groups in total. The molecule has 1 aromatic heterocycles. The molecule has 0 fully saturated rings. The second-order valence-electron chi connectivity index (χ2n) is 4.41. The van der Waals surface area contributed by atoms with Crippen molar-refractivity contribution >= 4 is 16.7 Å². The lowest BCUT2D eigenvalue weighted by molar-refractivity contribution is 0.559. The molecule has 0 radical (unpaired) electrons. The molecule has 0 bridgehead atoms. The number of nitrogens with one attached hydrogen (secondary N) is 1. The lowest BCUT2D eigenvalue weighted by Crippen LogP contribution is -2.00. The Bertz CT molecular complexity index is 769. The second-order valence-corrected chi connectivity index (χ2v) is 4.41. The van der Waals surface area contributed by atoms with Gasteiger partial charge in [0.25, 0.3) is 0 Å². The predicted octanol–water partition coefficient (Wildman–Crippen LogP) is 4.06. The molecule has 0 aliphatic heterocycles. The Morgan fingerprint density at radius 1 is 1.15 bits per heavy atom. The molecular weight excluding hydrogens is 255 g/mol. The highest BCUT2D eigenvalue weighted by atomic mass is 19.1. The van der Waals surface area contributed by atoms with Crippen LogP contribution in [0.25, 0.3) is 11.0 Å². The topological polar surface area (TPSA) is 49.0 Å². The fourth-order valence-corrected chi connectivity index (χ4v) is 2.07. The SMILES string of the molecule is N#Cc1cc(F)ccc1NCc1cc2ccccc2o1. The van der Waals surface area contributed by atoms with Gasteiger partial charge in [-0.25, -0.2) is 4.39 Å². The highest BCUT2D eigenvalue weighted by Gasteiger charge is 2.06. The van der Waals surface area contributed by atoms with Crippen LogP contribution in [0.4, 0.5) is 10.1 Å². The van der Waals surface area contributed by atoms with Gasteiger partial charge < -0.3 is 9.73 Å². The monoisotopic (exact) mass is 266 g/mol. The summed E-state index contributed by atoms with van der Waals surface area (Å²) >= 11 is 0. The quantitative estimate of drug-likeness (QED) is 0.777. The Balaban J connectivity index is 1.81. The summed E-state index contributed by atoms with van der Waals surface area (Å²) in [5.74, 6) is 0.343. The third-order valence-corrected chi connectivity index (χ3v) is 3.03. The third-order valence-electron chi connectivity index (χ3n) is 3.03. The minimum absolute atomic E-state index is 0.279. The van der Waals surface area contributed by atoms with Crippen molar-refractivity contribution < 1.29 is 8.81 Å². The Morgan fingerprint density at radius 3 is 2.80 bits per heavy atom. The van der Waals surface area contributed by atoms with Crippen LogP contribution in [0.15, 0.2) is 52.9 Å². The molecule has 1 heterocycles. The maximum Gasteiger partial charge on any atom is 0.134 e. The molecule has 3 nitrogen and oxygen atoms in total. The molecule has 0 aliphatic carbocycles. The van der Waals surface area contributed by atoms with Crippen LogP contribution in [0.1, 0.15) is 11.3 Å². The van der Waals surface area contributed by atoms with Gasteiger partial charge >= 0.3 is 0 Å². The van der Waals surface area contributed by atoms with Gasteiger partial charge in [-0.1, -0.05) is 18.2 Å². The maximum absolute atomic E-state index is 13.0. The number of nitrogens with zero attached hydrogens (tertiary/aromatic N) is 1. The molecule has 0 unspecified atom stereocenters. The van der Waals surface area contributed by atoms with E-state index in [0.717, 1.165) is 16.7 Å². The molecule has 0 saturated carbocycles. The number of rotatable bonds is 3. The first kappa shape index (κ1) is 12.2. The summed E-state index contributed by atoms with van der Waals surface area (Å²) in [7, 11) is 0. The van der Waals surface area contributed by atoms with Crippen molar-refractivity contribution in [3.05, 3.63) is 65.7 Å². The molecule has 0 atom stereocenters. The smallest absolute Gasteiger partial charge is 0.134 e.